The van der Waals surface area contributed by atoms with Crippen LogP contribution in [0.15, 0.2) is 128 Å². The second-order valence-electron chi connectivity index (χ2n) is 15.3. The number of carboxylic acid groups (broad SMARTS) is 1. The molecule has 1 heterocycles. The number of aromatic nitrogens is 1. The first-order valence-electron chi connectivity index (χ1n) is 17.3. The first-order valence-corrected chi connectivity index (χ1v) is 17.7. The molecular formula is C46H42ClNO2. The maximum Gasteiger partial charge on any atom is 0.337 e. The summed E-state index contributed by atoms with van der Waals surface area (Å²) in [6.45, 7) is 11.7. The first-order chi connectivity index (χ1) is 23.9. The Labute approximate surface area is 299 Å². The van der Waals surface area contributed by atoms with Crippen LogP contribution in [-0.4, -0.2) is 16.1 Å². The quantitative estimate of drug-likeness (QED) is 0.190. The molecular weight excluding hydrogens is 634 g/mol. The van der Waals surface area contributed by atoms with Gasteiger partial charge >= 0.3 is 5.97 Å². The van der Waals surface area contributed by atoms with Crippen molar-refractivity contribution in [1.82, 2.24) is 4.98 Å². The Hall–Kier alpha value is -4.99. The zero-order chi connectivity index (χ0) is 35.2. The summed E-state index contributed by atoms with van der Waals surface area (Å²) in [6, 6.07) is 42.5. The van der Waals surface area contributed by atoms with Gasteiger partial charge in [0.2, 0.25) is 0 Å². The zero-order valence-corrected chi connectivity index (χ0v) is 30.1. The Bertz CT molecular complexity index is 2380. The SMILES string of the molecule is CC(C)(C)c1ccc(-c2cccc(C3Cc4ccc5c(cc(Cl)c6ccccc65)c4CC3(C)C)c2)cc1.O=C(O)c1cccc2cccnc12. The summed E-state index contributed by atoms with van der Waals surface area (Å²) < 4.78 is 0. The monoisotopic (exact) mass is 675 g/mol. The van der Waals surface area contributed by atoms with Crippen molar-refractivity contribution in [2.24, 2.45) is 5.41 Å². The first kappa shape index (κ1) is 33.5. The molecule has 250 valence electrons. The van der Waals surface area contributed by atoms with E-state index in [0.29, 0.717) is 11.4 Å². The number of halogens is 1. The van der Waals surface area contributed by atoms with Crippen LogP contribution in [0.2, 0.25) is 5.02 Å². The van der Waals surface area contributed by atoms with Crippen LogP contribution in [0.3, 0.4) is 0 Å². The van der Waals surface area contributed by atoms with Crippen LogP contribution in [0.5, 0.6) is 0 Å². The molecule has 50 heavy (non-hydrogen) atoms. The minimum absolute atomic E-state index is 0.133. The van der Waals surface area contributed by atoms with Gasteiger partial charge < -0.3 is 5.11 Å². The van der Waals surface area contributed by atoms with E-state index in [2.05, 4.69) is 131 Å². The second kappa shape index (κ2) is 13.0. The molecule has 0 amide bonds. The molecule has 0 saturated carbocycles. The molecule has 1 aliphatic rings. The van der Waals surface area contributed by atoms with E-state index in [0.717, 1.165) is 28.6 Å². The van der Waals surface area contributed by atoms with Gasteiger partial charge in [0.1, 0.15) is 0 Å². The Kier molecular flexibility index (Phi) is 8.74. The van der Waals surface area contributed by atoms with Gasteiger partial charge in [-0.3, -0.25) is 4.98 Å². The van der Waals surface area contributed by atoms with E-state index in [-0.39, 0.29) is 16.4 Å². The van der Waals surface area contributed by atoms with E-state index in [1.54, 1.807) is 24.4 Å². The predicted molar refractivity (Wildman–Crippen MR) is 210 cm³/mol. The summed E-state index contributed by atoms with van der Waals surface area (Å²) in [5.74, 6) is -0.480. The number of carbonyl (C=O) groups is 1. The van der Waals surface area contributed by atoms with Gasteiger partial charge in [0, 0.05) is 22.0 Å². The number of rotatable bonds is 3. The van der Waals surface area contributed by atoms with Gasteiger partial charge in [-0.1, -0.05) is 149 Å². The number of benzene rings is 6. The highest BCUT2D eigenvalue weighted by atomic mass is 35.5. The standard InChI is InChI=1S/C36H35Cl.C10H7NO2/c1-35(2,3)27-16-13-23(14-17-27)24-9-8-10-26(19-24)33-20-25-15-18-29-28-11-6-7-12-30(28)34(37)21-31(29)32(25)22-36(33,4)5;12-10(13)8-5-1-3-7-4-2-6-11-9(7)8/h6-19,21,33H,20,22H2,1-5H3;1-6H,(H,12,13). The molecule has 7 aromatic rings. The Morgan fingerprint density at radius 3 is 2.20 bits per heavy atom. The molecule has 1 unspecified atom stereocenters. The fourth-order valence-electron chi connectivity index (χ4n) is 7.66. The van der Waals surface area contributed by atoms with E-state index in [1.165, 1.54) is 49.5 Å². The van der Waals surface area contributed by atoms with Crippen LogP contribution in [0.4, 0.5) is 0 Å². The molecule has 1 N–H and O–H groups in total. The van der Waals surface area contributed by atoms with Crippen LogP contribution in [0.25, 0.3) is 43.6 Å². The Morgan fingerprint density at radius 2 is 1.46 bits per heavy atom. The van der Waals surface area contributed by atoms with Gasteiger partial charge in [-0.25, -0.2) is 4.79 Å². The molecule has 8 rings (SSSR count). The highest BCUT2D eigenvalue weighted by molar-refractivity contribution is 6.37. The largest absolute Gasteiger partial charge is 0.478 e. The molecule has 3 nitrogen and oxygen atoms in total. The summed E-state index contributed by atoms with van der Waals surface area (Å²) in [6.07, 6.45) is 3.69. The maximum atomic E-state index is 10.8. The van der Waals surface area contributed by atoms with Gasteiger partial charge in [0.25, 0.3) is 0 Å². The normalized spacial score (nSPS) is 15.4. The van der Waals surface area contributed by atoms with Crippen molar-refractivity contribution in [2.45, 2.75) is 58.8 Å². The number of hydrogen-bond donors (Lipinski definition) is 1. The highest BCUT2D eigenvalue weighted by Gasteiger charge is 2.37. The second-order valence-corrected chi connectivity index (χ2v) is 15.7. The maximum absolute atomic E-state index is 10.8. The third-order valence-corrected chi connectivity index (χ3v) is 10.7. The van der Waals surface area contributed by atoms with Crippen molar-refractivity contribution in [3.63, 3.8) is 0 Å². The van der Waals surface area contributed by atoms with E-state index < -0.39 is 5.97 Å². The lowest BCUT2D eigenvalue weighted by Gasteiger charge is -2.41. The van der Waals surface area contributed by atoms with Gasteiger partial charge in [-0.15, -0.1) is 0 Å². The molecule has 0 saturated heterocycles. The van der Waals surface area contributed by atoms with Crippen molar-refractivity contribution in [3.05, 3.63) is 160 Å². The van der Waals surface area contributed by atoms with Crippen molar-refractivity contribution >= 4 is 50.0 Å². The summed E-state index contributed by atoms with van der Waals surface area (Å²) in [5.41, 5.74) is 9.42. The molecule has 0 bridgehead atoms. The summed E-state index contributed by atoms with van der Waals surface area (Å²) in [4.78, 5) is 14.8. The lowest BCUT2D eigenvalue weighted by atomic mass is 9.63. The van der Waals surface area contributed by atoms with Gasteiger partial charge in [-0.2, -0.15) is 0 Å². The zero-order valence-electron chi connectivity index (χ0n) is 29.3. The number of fused-ring (bicyclic) bond motifs is 6. The van der Waals surface area contributed by atoms with Crippen LogP contribution >= 0.6 is 11.6 Å². The van der Waals surface area contributed by atoms with E-state index in [1.807, 2.05) is 12.1 Å². The van der Waals surface area contributed by atoms with Gasteiger partial charge in [-0.05, 0) is 97.3 Å². The third kappa shape index (κ3) is 6.39. The number of para-hydroxylation sites is 1. The topological polar surface area (TPSA) is 50.2 Å². The average Bonchev–Trinajstić information content (AvgIpc) is 3.11. The highest BCUT2D eigenvalue weighted by Crippen LogP contribution is 2.48. The molecule has 0 aliphatic heterocycles. The third-order valence-electron chi connectivity index (χ3n) is 10.4. The van der Waals surface area contributed by atoms with Crippen LogP contribution < -0.4 is 0 Å². The molecule has 1 atom stereocenters. The lowest BCUT2D eigenvalue weighted by molar-refractivity contribution is 0.0698. The molecule has 0 radical (unpaired) electrons. The van der Waals surface area contributed by atoms with Crippen molar-refractivity contribution < 1.29 is 9.90 Å². The molecule has 1 aromatic heterocycles. The van der Waals surface area contributed by atoms with Crippen molar-refractivity contribution in [2.75, 3.05) is 0 Å². The Morgan fingerprint density at radius 1 is 0.760 bits per heavy atom. The summed E-state index contributed by atoms with van der Waals surface area (Å²) >= 11 is 6.78. The fourth-order valence-corrected chi connectivity index (χ4v) is 7.93. The van der Waals surface area contributed by atoms with Crippen molar-refractivity contribution in [1.29, 1.82) is 0 Å². The van der Waals surface area contributed by atoms with E-state index >= 15 is 0 Å². The molecule has 1 aliphatic carbocycles. The molecule has 0 fully saturated rings. The minimum atomic E-state index is -0.940. The molecule has 6 aromatic carbocycles. The molecule has 0 spiro atoms. The number of nitrogens with zero attached hydrogens (tertiary/aromatic N) is 1. The average molecular weight is 676 g/mol. The van der Waals surface area contributed by atoms with E-state index in [9.17, 15) is 4.79 Å². The number of aromatic carboxylic acids is 1. The van der Waals surface area contributed by atoms with Gasteiger partial charge in [0.05, 0.1) is 11.1 Å². The smallest absolute Gasteiger partial charge is 0.337 e. The molecule has 4 heteroatoms. The Balaban J connectivity index is 0.000000253. The van der Waals surface area contributed by atoms with Crippen molar-refractivity contribution in [3.8, 4) is 11.1 Å². The van der Waals surface area contributed by atoms with Crippen LogP contribution in [0.1, 0.15) is 73.1 Å². The number of carboxylic acids is 1. The van der Waals surface area contributed by atoms with E-state index in [4.69, 9.17) is 16.7 Å². The van der Waals surface area contributed by atoms with Crippen LogP contribution in [0, 0.1) is 5.41 Å². The summed E-state index contributed by atoms with van der Waals surface area (Å²) in [5, 5.41) is 15.6. The fraction of sp³-hybridized carbons (Fsp3) is 0.217. The number of hydrogen-bond acceptors (Lipinski definition) is 2. The van der Waals surface area contributed by atoms with Gasteiger partial charge in [0.15, 0.2) is 0 Å². The van der Waals surface area contributed by atoms with Crippen LogP contribution in [-0.2, 0) is 18.3 Å². The summed E-state index contributed by atoms with van der Waals surface area (Å²) in [7, 11) is 0. The number of pyridine rings is 1. The minimum Gasteiger partial charge on any atom is -0.478 e. The lowest BCUT2D eigenvalue weighted by Crippen LogP contribution is -2.31. The predicted octanol–water partition coefficient (Wildman–Crippen LogP) is 12.5.